The Morgan fingerprint density at radius 2 is 1.60 bits per heavy atom. The van der Waals surface area contributed by atoms with Crippen LogP contribution in [0, 0.1) is 24.4 Å². The number of benzene rings is 2. The lowest BCUT2D eigenvalue weighted by molar-refractivity contribution is 0.481. The Bertz CT molecular complexity index is 615. The summed E-state index contributed by atoms with van der Waals surface area (Å²) >= 11 is 0. The summed E-state index contributed by atoms with van der Waals surface area (Å²) in [6.07, 6.45) is 0.212. The highest BCUT2D eigenvalue weighted by molar-refractivity contribution is 5.31. The lowest BCUT2D eigenvalue weighted by atomic mass is 9.86. The Labute approximate surface area is 116 Å². The first-order valence-electron chi connectivity index (χ1n) is 6.28. The summed E-state index contributed by atoms with van der Waals surface area (Å²) in [5.41, 5.74) is 6.83. The summed E-state index contributed by atoms with van der Waals surface area (Å²) in [6.45, 7) is 3.37. The molecule has 1 atom stereocenters. The number of rotatable bonds is 3. The van der Waals surface area contributed by atoms with Crippen LogP contribution in [0.1, 0.15) is 23.6 Å². The lowest BCUT2D eigenvalue weighted by Gasteiger charge is -2.26. The van der Waals surface area contributed by atoms with Crippen molar-refractivity contribution in [2.24, 2.45) is 5.73 Å². The molecule has 0 aliphatic heterocycles. The molecule has 0 amide bonds. The van der Waals surface area contributed by atoms with Gasteiger partial charge in [0.15, 0.2) is 0 Å². The molecular weight excluding hydrogens is 263 g/mol. The van der Waals surface area contributed by atoms with Crippen LogP contribution in [0.4, 0.5) is 13.2 Å². The number of hydrogen-bond donors (Lipinski definition) is 1. The highest BCUT2D eigenvalue weighted by Gasteiger charge is 2.23. The summed E-state index contributed by atoms with van der Waals surface area (Å²) in [5.74, 6) is -1.64. The highest BCUT2D eigenvalue weighted by atomic mass is 19.1. The predicted molar refractivity (Wildman–Crippen MR) is 72.7 cm³/mol. The van der Waals surface area contributed by atoms with Gasteiger partial charge in [0, 0.05) is 11.6 Å². The van der Waals surface area contributed by atoms with Crippen molar-refractivity contribution >= 4 is 0 Å². The van der Waals surface area contributed by atoms with Gasteiger partial charge >= 0.3 is 0 Å². The molecule has 20 heavy (non-hydrogen) atoms. The molecule has 2 aromatic carbocycles. The third-order valence-corrected chi connectivity index (χ3v) is 3.32. The van der Waals surface area contributed by atoms with Crippen molar-refractivity contribution in [3.8, 4) is 0 Å². The molecule has 0 saturated heterocycles. The van der Waals surface area contributed by atoms with E-state index in [1.54, 1.807) is 26.0 Å². The average molecular weight is 279 g/mol. The molecule has 0 aliphatic carbocycles. The van der Waals surface area contributed by atoms with Crippen LogP contribution in [0.15, 0.2) is 36.4 Å². The van der Waals surface area contributed by atoms with E-state index < -0.39 is 17.2 Å². The van der Waals surface area contributed by atoms with Crippen LogP contribution in [0.3, 0.4) is 0 Å². The number of halogens is 3. The molecule has 0 fully saturated rings. The van der Waals surface area contributed by atoms with Crippen LogP contribution in [0.2, 0.25) is 0 Å². The van der Waals surface area contributed by atoms with Gasteiger partial charge in [0.1, 0.15) is 17.5 Å². The molecule has 0 aliphatic rings. The van der Waals surface area contributed by atoms with Gasteiger partial charge in [-0.2, -0.15) is 0 Å². The summed E-state index contributed by atoms with van der Waals surface area (Å²) in [7, 11) is 0. The van der Waals surface area contributed by atoms with Crippen molar-refractivity contribution in [3.05, 3.63) is 70.5 Å². The fourth-order valence-electron chi connectivity index (χ4n) is 2.19. The van der Waals surface area contributed by atoms with Crippen LogP contribution in [0.5, 0.6) is 0 Å². The van der Waals surface area contributed by atoms with Gasteiger partial charge in [-0.25, -0.2) is 13.2 Å². The Morgan fingerprint density at radius 1 is 1.00 bits per heavy atom. The maximum atomic E-state index is 13.6. The smallest absolute Gasteiger partial charge is 0.126 e. The molecule has 0 saturated carbocycles. The summed E-state index contributed by atoms with van der Waals surface area (Å²) in [5, 5.41) is 0. The van der Waals surface area contributed by atoms with E-state index in [2.05, 4.69) is 0 Å². The SMILES string of the molecule is Cc1ccc(C(C)(N)Cc2cc(F)cc(F)c2)cc1F. The Hall–Kier alpha value is -1.81. The summed E-state index contributed by atoms with van der Waals surface area (Å²) in [6, 6.07) is 8.02. The quantitative estimate of drug-likeness (QED) is 0.908. The molecule has 0 aromatic heterocycles. The van der Waals surface area contributed by atoms with E-state index >= 15 is 0 Å². The maximum Gasteiger partial charge on any atom is 0.126 e. The average Bonchev–Trinajstić information content (AvgIpc) is 2.30. The molecule has 106 valence electrons. The molecule has 4 heteroatoms. The van der Waals surface area contributed by atoms with Gasteiger partial charge in [-0.05, 0) is 55.2 Å². The second kappa shape index (κ2) is 5.29. The third kappa shape index (κ3) is 3.20. The molecule has 2 N–H and O–H groups in total. The van der Waals surface area contributed by atoms with Crippen molar-refractivity contribution in [1.82, 2.24) is 0 Å². The van der Waals surface area contributed by atoms with E-state index in [1.807, 2.05) is 0 Å². The molecule has 1 unspecified atom stereocenters. The van der Waals surface area contributed by atoms with Gasteiger partial charge in [0.05, 0.1) is 0 Å². The number of nitrogens with two attached hydrogens (primary N) is 1. The van der Waals surface area contributed by atoms with E-state index in [4.69, 9.17) is 5.73 Å². The van der Waals surface area contributed by atoms with Gasteiger partial charge in [-0.15, -0.1) is 0 Å². The van der Waals surface area contributed by atoms with Crippen molar-refractivity contribution in [2.45, 2.75) is 25.8 Å². The minimum atomic E-state index is -0.908. The zero-order valence-corrected chi connectivity index (χ0v) is 11.4. The molecule has 2 aromatic rings. The molecule has 0 radical (unpaired) electrons. The van der Waals surface area contributed by atoms with Gasteiger partial charge in [0.25, 0.3) is 0 Å². The van der Waals surface area contributed by atoms with Crippen LogP contribution in [-0.2, 0) is 12.0 Å². The van der Waals surface area contributed by atoms with E-state index in [0.29, 0.717) is 16.7 Å². The Kier molecular flexibility index (Phi) is 3.86. The summed E-state index contributed by atoms with van der Waals surface area (Å²) in [4.78, 5) is 0. The monoisotopic (exact) mass is 279 g/mol. The molecule has 0 heterocycles. The first-order valence-corrected chi connectivity index (χ1v) is 6.28. The van der Waals surface area contributed by atoms with Crippen molar-refractivity contribution in [3.63, 3.8) is 0 Å². The predicted octanol–water partition coefficient (Wildman–Crippen LogP) is 3.83. The fourth-order valence-corrected chi connectivity index (χ4v) is 2.19. The van der Waals surface area contributed by atoms with Crippen LogP contribution in [0.25, 0.3) is 0 Å². The standard InChI is InChI=1S/C16H16F3N/c1-10-3-4-12(7-15(10)19)16(2,20)9-11-5-13(17)8-14(18)6-11/h3-8H,9,20H2,1-2H3. The second-order valence-electron chi connectivity index (χ2n) is 5.34. The van der Waals surface area contributed by atoms with Gasteiger partial charge < -0.3 is 5.73 Å². The van der Waals surface area contributed by atoms with Crippen LogP contribution < -0.4 is 5.73 Å². The third-order valence-electron chi connectivity index (χ3n) is 3.32. The summed E-state index contributed by atoms with van der Waals surface area (Å²) < 4.78 is 40.0. The fraction of sp³-hybridized carbons (Fsp3) is 0.250. The highest BCUT2D eigenvalue weighted by Crippen LogP contribution is 2.25. The molecule has 1 nitrogen and oxygen atoms in total. The minimum absolute atomic E-state index is 0.212. The zero-order valence-electron chi connectivity index (χ0n) is 11.4. The number of hydrogen-bond acceptors (Lipinski definition) is 1. The van der Waals surface area contributed by atoms with E-state index in [1.165, 1.54) is 18.2 Å². The van der Waals surface area contributed by atoms with Crippen molar-refractivity contribution < 1.29 is 13.2 Å². The normalized spacial score (nSPS) is 14.1. The minimum Gasteiger partial charge on any atom is -0.321 e. The first kappa shape index (κ1) is 14.6. The van der Waals surface area contributed by atoms with Gasteiger partial charge in [-0.1, -0.05) is 12.1 Å². The molecule has 2 rings (SSSR count). The van der Waals surface area contributed by atoms with Crippen molar-refractivity contribution in [2.75, 3.05) is 0 Å². The maximum absolute atomic E-state index is 13.6. The van der Waals surface area contributed by atoms with E-state index in [0.717, 1.165) is 6.07 Å². The zero-order chi connectivity index (χ0) is 14.9. The largest absolute Gasteiger partial charge is 0.321 e. The van der Waals surface area contributed by atoms with Crippen LogP contribution in [-0.4, -0.2) is 0 Å². The van der Waals surface area contributed by atoms with Gasteiger partial charge in [-0.3, -0.25) is 0 Å². The topological polar surface area (TPSA) is 26.0 Å². The first-order chi connectivity index (χ1) is 9.28. The Morgan fingerprint density at radius 3 is 2.15 bits per heavy atom. The molecule has 0 bridgehead atoms. The van der Waals surface area contributed by atoms with Crippen LogP contribution >= 0.6 is 0 Å². The second-order valence-corrected chi connectivity index (χ2v) is 5.34. The Balaban J connectivity index is 2.32. The van der Waals surface area contributed by atoms with Crippen molar-refractivity contribution in [1.29, 1.82) is 0 Å². The molecular formula is C16H16F3N. The lowest BCUT2D eigenvalue weighted by Crippen LogP contribution is -2.35. The number of aryl methyl sites for hydroxylation is 1. The van der Waals surface area contributed by atoms with Gasteiger partial charge in [0.2, 0.25) is 0 Å². The van der Waals surface area contributed by atoms with E-state index in [9.17, 15) is 13.2 Å². The van der Waals surface area contributed by atoms with E-state index in [-0.39, 0.29) is 12.2 Å². The molecule has 0 spiro atoms.